The summed E-state index contributed by atoms with van der Waals surface area (Å²) >= 11 is 0. The van der Waals surface area contributed by atoms with Gasteiger partial charge in [-0.05, 0) is 50.1 Å². The van der Waals surface area contributed by atoms with E-state index in [4.69, 9.17) is 9.05 Å². The van der Waals surface area contributed by atoms with Crippen LogP contribution in [0.15, 0.2) is 33.3 Å². The molecule has 2 aromatic heterocycles. The van der Waals surface area contributed by atoms with Crippen molar-refractivity contribution in [2.45, 2.75) is 51.5 Å². The van der Waals surface area contributed by atoms with Crippen LogP contribution in [0.1, 0.15) is 56.1 Å². The number of aryl methyl sites for hydroxylation is 1. The molecular weight excluding hydrogens is 361 g/mol. The van der Waals surface area contributed by atoms with Gasteiger partial charge in [0.15, 0.2) is 5.82 Å². The molecule has 7 nitrogen and oxygen atoms in total. The van der Waals surface area contributed by atoms with Gasteiger partial charge in [-0.1, -0.05) is 23.7 Å². The van der Waals surface area contributed by atoms with Crippen molar-refractivity contribution in [3.63, 3.8) is 0 Å². The van der Waals surface area contributed by atoms with Gasteiger partial charge in [0.05, 0.1) is 12.5 Å². The van der Waals surface area contributed by atoms with Gasteiger partial charge in [0.2, 0.25) is 17.6 Å². The quantitative estimate of drug-likeness (QED) is 0.608. The van der Waals surface area contributed by atoms with E-state index >= 15 is 0 Å². The van der Waals surface area contributed by atoms with E-state index in [1.54, 1.807) is 12.1 Å². The van der Waals surface area contributed by atoms with E-state index in [1.165, 1.54) is 12.1 Å². The summed E-state index contributed by atoms with van der Waals surface area (Å²) in [7, 11) is 0. The molecule has 0 saturated carbocycles. The first kappa shape index (κ1) is 18.7. The normalized spacial score (nSPS) is 17.9. The summed E-state index contributed by atoms with van der Waals surface area (Å²) in [4.78, 5) is 11.3. The van der Waals surface area contributed by atoms with Crippen LogP contribution in [0.2, 0.25) is 0 Å². The number of halogens is 1. The van der Waals surface area contributed by atoms with Crippen LogP contribution in [0.25, 0.3) is 11.4 Å². The Kier molecular flexibility index (Phi) is 5.76. The molecule has 148 valence electrons. The predicted octanol–water partition coefficient (Wildman–Crippen LogP) is 3.98. The van der Waals surface area contributed by atoms with E-state index in [0.717, 1.165) is 56.6 Å². The second kappa shape index (κ2) is 8.60. The summed E-state index contributed by atoms with van der Waals surface area (Å²) in [6, 6.07) is 6.10. The van der Waals surface area contributed by atoms with Gasteiger partial charge in [0.1, 0.15) is 5.82 Å². The van der Waals surface area contributed by atoms with Crippen LogP contribution >= 0.6 is 0 Å². The molecule has 0 aliphatic carbocycles. The Labute approximate surface area is 162 Å². The number of piperidine rings is 1. The van der Waals surface area contributed by atoms with Crippen molar-refractivity contribution in [1.29, 1.82) is 0 Å². The minimum atomic E-state index is -0.283. The Morgan fingerprint density at radius 1 is 1.14 bits per heavy atom. The number of benzene rings is 1. The van der Waals surface area contributed by atoms with E-state index < -0.39 is 0 Å². The first-order chi connectivity index (χ1) is 13.7. The molecule has 1 aliphatic rings. The Bertz CT molecular complexity index is 892. The van der Waals surface area contributed by atoms with Crippen molar-refractivity contribution in [1.82, 2.24) is 25.2 Å². The van der Waals surface area contributed by atoms with Gasteiger partial charge in [-0.3, -0.25) is 4.90 Å². The Hall–Kier alpha value is -2.61. The maximum Gasteiger partial charge on any atom is 0.231 e. The third-order valence-corrected chi connectivity index (χ3v) is 5.02. The standard InChI is InChI=1S/C20H24FN5O2/c1-2-3-6-18-22-17(24-27-18)13-26-11-4-5-15(12-26)20-23-19(25-28-20)14-7-9-16(21)10-8-14/h7-10,15H,2-6,11-13H2,1H3. The number of hydrogen-bond acceptors (Lipinski definition) is 7. The number of rotatable bonds is 7. The van der Waals surface area contributed by atoms with Gasteiger partial charge in [0, 0.05) is 18.5 Å². The first-order valence-corrected chi connectivity index (χ1v) is 9.84. The Morgan fingerprint density at radius 2 is 2.00 bits per heavy atom. The minimum absolute atomic E-state index is 0.168. The summed E-state index contributed by atoms with van der Waals surface area (Å²) < 4.78 is 23.9. The third kappa shape index (κ3) is 4.44. The van der Waals surface area contributed by atoms with E-state index in [9.17, 15) is 4.39 Å². The molecule has 1 saturated heterocycles. The molecule has 1 unspecified atom stereocenters. The maximum atomic E-state index is 13.1. The maximum absolute atomic E-state index is 13.1. The van der Waals surface area contributed by atoms with E-state index in [0.29, 0.717) is 24.2 Å². The van der Waals surface area contributed by atoms with E-state index in [-0.39, 0.29) is 11.7 Å². The summed E-state index contributed by atoms with van der Waals surface area (Å²) in [6.45, 7) is 4.59. The molecule has 0 amide bonds. The summed E-state index contributed by atoms with van der Waals surface area (Å²) in [5.41, 5.74) is 0.746. The number of aromatic nitrogens is 4. The summed E-state index contributed by atoms with van der Waals surface area (Å²) in [5.74, 6) is 2.44. The SMILES string of the molecule is CCCCc1nc(CN2CCCC(c3nc(-c4ccc(F)cc4)no3)C2)no1. The zero-order chi connectivity index (χ0) is 19.3. The average molecular weight is 385 g/mol. The molecule has 28 heavy (non-hydrogen) atoms. The molecular formula is C20H24FN5O2. The molecule has 3 heterocycles. The third-order valence-electron chi connectivity index (χ3n) is 5.02. The minimum Gasteiger partial charge on any atom is -0.339 e. The number of unbranched alkanes of at least 4 members (excludes halogenated alkanes) is 1. The molecule has 0 spiro atoms. The van der Waals surface area contributed by atoms with E-state index in [2.05, 4.69) is 32.1 Å². The predicted molar refractivity (Wildman–Crippen MR) is 99.9 cm³/mol. The summed E-state index contributed by atoms with van der Waals surface area (Å²) in [6.07, 6.45) is 5.03. The fraction of sp³-hybridized carbons (Fsp3) is 0.500. The number of likely N-dealkylation sites (tertiary alicyclic amines) is 1. The monoisotopic (exact) mass is 385 g/mol. The van der Waals surface area contributed by atoms with Crippen LogP contribution in [0.4, 0.5) is 4.39 Å². The highest BCUT2D eigenvalue weighted by atomic mass is 19.1. The summed E-state index contributed by atoms with van der Waals surface area (Å²) in [5, 5.41) is 8.17. The fourth-order valence-electron chi connectivity index (χ4n) is 3.50. The topological polar surface area (TPSA) is 81.1 Å². The molecule has 1 atom stereocenters. The van der Waals surface area contributed by atoms with Crippen LogP contribution in [-0.2, 0) is 13.0 Å². The smallest absolute Gasteiger partial charge is 0.231 e. The van der Waals surface area contributed by atoms with Crippen molar-refractivity contribution < 1.29 is 13.4 Å². The molecule has 1 fully saturated rings. The lowest BCUT2D eigenvalue weighted by Gasteiger charge is -2.29. The lowest BCUT2D eigenvalue weighted by Crippen LogP contribution is -2.34. The van der Waals surface area contributed by atoms with Gasteiger partial charge < -0.3 is 9.05 Å². The number of hydrogen-bond donors (Lipinski definition) is 0. The molecule has 1 aliphatic heterocycles. The van der Waals surface area contributed by atoms with Crippen LogP contribution in [0.5, 0.6) is 0 Å². The van der Waals surface area contributed by atoms with Crippen LogP contribution in [0, 0.1) is 5.82 Å². The zero-order valence-electron chi connectivity index (χ0n) is 16.0. The van der Waals surface area contributed by atoms with Crippen molar-refractivity contribution in [2.24, 2.45) is 0 Å². The molecule has 1 aromatic carbocycles. The highest BCUT2D eigenvalue weighted by molar-refractivity contribution is 5.53. The van der Waals surface area contributed by atoms with Crippen molar-refractivity contribution in [3.8, 4) is 11.4 Å². The molecule has 0 radical (unpaired) electrons. The first-order valence-electron chi connectivity index (χ1n) is 9.84. The average Bonchev–Trinajstić information content (AvgIpc) is 3.37. The largest absolute Gasteiger partial charge is 0.339 e. The van der Waals surface area contributed by atoms with Crippen LogP contribution in [0.3, 0.4) is 0 Å². The molecule has 8 heteroatoms. The van der Waals surface area contributed by atoms with Gasteiger partial charge in [-0.15, -0.1) is 0 Å². The van der Waals surface area contributed by atoms with Gasteiger partial charge >= 0.3 is 0 Å². The van der Waals surface area contributed by atoms with Crippen molar-refractivity contribution in [3.05, 3.63) is 47.7 Å². The highest BCUT2D eigenvalue weighted by Crippen LogP contribution is 2.28. The number of nitrogens with zero attached hydrogens (tertiary/aromatic N) is 5. The van der Waals surface area contributed by atoms with Gasteiger partial charge in [0.25, 0.3) is 0 Å². The highest BCUT2D eigenvalue weighted by Gasteiger charge is 2.27. The van der Waals surface area contributed by atoms with E-state index in [1.807, 2.05) is 0 Å². The van der Waals surface area contributed by atoms with Crippen LogP contribution in [-0.4, -0.2) is 38.3 Å². The zero-order valence-corrected chi connectivity index (χ0v) is 16.0. The molecule has 3 aromatic rings. The second-order valence-corrected chi connectivity index (χ2v) is 7.25. The molecule has 4 rings (SSSR count). The van der Waals surface area contributed by atoms with Crippen molar-refractivity contribution >= 4 is 0 Å². The lowest BCUT2D eigenvalue weighted by atomic mass is 9.98. The van der Waals surface area contributed by atoms with Gasteiger partial charge in [-0.25, -0.2) is 4.39 Å². The Balaban J connectivity index is 1.38. The molecule has 0 N–H and O–H groups in total. The molecule has 0 bridgehead atoms. The fourth-order valence-corrected chi connectivity index (χ4v) is 3.50. The van der Waals surface area contributed by atoms with Crippen molar-refractivity contribution in [2.75, 3.05) is 13.1 Å². The second-order valence-electron chi connectivity index (χ2n) is 7.25. The van der Waals surface area contributed by atoms with Gasteiger partial charge in [-0.2, -0.15) is 9.97 Å². The van der Waals surface area contributed by atoms with Crippen LogP contribution < -0.4 is 0 Å². The Morgan fingerprint density at radius 3 is 2.82 bits per heavy atom. The lowest BCUT2D eigenvalue weighted by molar-refractivity contribution is 0.175.